The molecule has 0 heterocycles. The van der Waals surface area contributed by atoms with Gasteiger partial charge in [-0.2, -0.15) is 0 Å². The summed E-state index contributed by atoms with van der Waals surface area (Å²) in [5, 5.41) is 5.18. The minimum atomic E-state index is -1.08. The van der Waals surface area contributed by atoms with Crippen LogP contribution in [0.25, 0.3) is 0 Å². The van der Waals surface area contributed by atoms with Gasteiger partial charge >= 0.3 is 5.97 Å². The van der Waals surface area contributed by atoms with Crippen molar-refractivity contribution in [3.63, 3.8) is 0 Å². The second-order valence-corrected chi connectivity index (χ2v) is 8.26. The van der Waals surface area contributed by atoms with Gasteiger partial charge in [-0.25, -0.2) is 9.18 Å². The first kappa shape index (κ1) is 26.4. The number of carbonyl (C=O) groups is 3. The molecule has 8 heteroatoms. The van der Waals surface area contributed by atoms with Crippen molar-refractivity contribution < 1.29 is 28.2 Å². The highest BCUT2D eigenvalue weighted by atomic mass is 19.1. The summed E-state index contributed by atoms with van der Waals surface area (Å²) >= 11 is 0. The van der Waals surface area contributed by atoms with E-state index in [1.54, 1.807) is 24.3 Å². The van der Waals surface area contributed by atoms with Crippen LogP contribution in [0.4, 0.5) is 4.39 Å². The number of ether oxygens (including phenoxy) is 2. The molecule has 0 aliphatic heterocycles. The fourth-order valence-electron chi connectivity index (χ4n) is 3.69. The van der Waals surface area contributed by atoms with E-state index in [0.717, 1.165) is 11.1 Å². The Labute approximate surface area is 209 Å². The van der Waals surface area contributed by atoms with Crippen molar-refractivity contribution in [1.82, 2.24) is 10.6 Å². The van der Waals surface area contributed by atoms with Crippen molar-refractivity contribution in [3.05, 3.63) is 101 Å². The lowest BCUT2D eigenvalue weighted by Crippen LogP contribution is -2.53. The van der Waals surface area contributed by atoms with Crippen LogP contribution in [0.1, 0.15) is 23.6 Å². The molecule has 7 nitrogen and oxygen atoms in total. The zero-order valence-corrected chi connectivity index (χ0v) is 20.2. The summed E-state index contributed by atoms with van der Waals surface area (Å²) in [5.41, 5.74) is 2.02. The summed E-state index contributed by atoms with van der Waals surface area (Å²) in [6, 6.07) is 20.8. The number of halogens is 1. The van der Waals surface area contributed by atoms with Gasteiger partial charge in [-0.1, -0.05) is 60.7 Å². The van der Waals surface area contributed by atoms with Crippen molar-refractivity contribution >= 4 is 17.8 Å². The Hall–Kier alpha value is -4.20. The van der Waals surface area contributed by atoms with Gasteiger partial charge in [0.15, 0.2) is 0 Å². The van der Waals surface area contributed by atoms with Crippen LogP contribution < -0.4 is 15.4 Å². The van der Waals surface area contributed by atoms with E-state index in [0.29, 0.717) is 12.4 Å². The topological polar surface area (TPSA) is 93.7 Å². The number of hydrogen-bond acceptors (Lipinski definition) is 5. The maximum atomic E-state index is 14.2. The van der Waals surface area contributed by atoms with Crippen LogP contribution in [-0.2, 0) is 38.6 Å². The summed E-state index contributed by atoms with van der Waals surface area (Å²) in [7, 11) is 1.23. The molecule has 0 radical (unpaired) electrons. The number of nitrogens with one attached hydrogen (secondary N) is 2. The maximum absolute atomic E-state index is 14.2. The van der Waals surface area contributed by atoms with E-state index in [-0.39, 0.29) is 18.4 Å². The number of benzene rings is 3. The van der Waals surface area contributed by atoms with Gasteiger partial charge in [0.1, 0.15) is 30.3 Å². The van der Waals surface area contributed by atoms with E-state index in [1.165, 1.54) is 32.2 Å². The quantitative estimate of drug-likeness (QED) is 0.401. The summed E-state index contributed by atoms with van der Waals surface area (Å²) in [6.07, 6.45) is 0.0578. The molecule has 0 unspecified atom stereocenters. The smallest absolute Gasteiger partial charge is 0.328 e. The number of methoxy groups -OCH3 is 1. The lowest BCUT2D eigenvalue weighted by atomic mass is 10.0. The van der Waals surface area contributed by atoms with Crippen LogP contribution in [0.5, 0.6) is 5.75 Å². The normalized spacial score (nSPS) is 12.2. The highest BCUT2D eigenvalue weighted by molar-refractivity contribution is 5.90. The third kappa shape index (κ3) is 7.94. The van der Waals surface area contributed by atoms with Crippen LogP contribution in [0, 0.1) is 5.82 Å². The largest absolute Gasteiger partial charge is 0.489 e. The Balaban J connectivity index is 1.71. The number of rotatable bonds is 11. The molecule has 0 spiro atoms. The highest BCUT2D eigenvalue weighted by Gasteiger charge is 2.28. The van der Waals surface area contributed by atoms with Gasteiger partial charge in [-0.15, -0.1) is 0 Å². The van der Waals surface area contributed by atoms with E-state index in [9.17, 15) is 18.8 Å². The maximum Gasteiger partial charge on any atom is 0.328 e. The molecule has 0 aliphatic rings. The number of amides is 2. The van der Waals surface area contributed by atoms with Crippen LogP contribution in [-0.4, -0.2) is 37.0 Å². The van der Waals surface area contributed by atoms with Crippen molar-refractivity contribution in [3.8, 4) is 5.75 Å². The van der Waals surface area contributed by atoms with Gasteiger partial charge < -0.3 is 20.1 Å². The minimum absolute atomic E-state index is 0.0746. The van der Waals surface area contributed by atoms with Gasteiger partial charge in [0.25, 0.3) is 0 Å². The highest BCUT2D eigenvalue weighted by Crippen LogP contribution is 2.17. The Morgan fingerprint density at radius 2 is 1.53 bits per heavy atom. The van der Waals surface area contributed by atoms with Crippen molar-refractivity contribution in [2.75, 3.05) is 7.11 Å². The Bertz CT molecular complexity index is 1190. The predicted octanol–water partition coefficient (Wildman–Crippen LogP) is 3.35. The molecule has 188 valence electrons. The van der Waals surface area contributed by atoms with Crippen LogP contribution in [0.15, 0.2) is 78.9 Å². The summed E-state index contributed by atoms with van der Waals surface area (Å²) in [6.45, 7) is 1.65. The minimum Gasteiger partial charge on any atom is -0.489 e. The fourth-order valence-corrected chi connectivity index (χ4v) is 3.69. The van der Waals surface area contributed by atoms with E-state index in [1.807, 2.05) is 36.4 Å². The molecule has 0 aromatic heterocycles. The van der Waals surface area contributed by atoms with E-state index in [4.69, 9.17) is 9.47 Å². The number of hydrogen-bond donors (Lipinski definition) is 2. The SMILES string of the molecule is COC(=O)[C@@H](Cc1cccc(OCc2ccccc2)c1)NC(=O)[C@H](Cc1ccccc1F)NC(C)=O. The molecule has 0 aliphatic carbocycles. The summed E-state index contributed by atoms with van der Waals surface area (Å²) in [5.74, 6) is -1.60. The number of carbonyl (C=O) groups excluding carboxylic acids is 3. The molecule has 2 amide bonds. The summed E-state index contributed by atoms with van der Waals surface area (Å²) in [4.78, 5) is 37.3. The average molecular weight is 493 g/mol. The van der Waals surface area contributed by atoms with Crippen LogP contribution in [0.2, 0.25) is 0 Å². The zero-order valence-electron chi connectivity index (χ0n) is 20.2. The molecule has 36 heavy (non-hydrogen) atoms. The fraction of sp³-hybridized carbons (Fsp3) is 0.250. The van der Waals surface area contributed by atoms with Gasteiger partial charge in [0.2, 0.25) is 11.8 Å². The van der Waals surface area contributed by atoms with Gasteiger partial charge in [0.05, 0.1) is 7.11 Å². The molecule has 3 aromatic rings. The standard InChI is InChI=1S/C28H29FN2O5/c1-19(32)30-25(17-22-12-6-7-14-24(22)29)27(33)31-26(28(34)35-2)16-21-11-8-13-23(15-21)36-18-20-9-4-3-5-10-20/h3-15,25-26H,16-18H2,1-2H3,(H,30,32)(H,31,33)/t25-,26+/m0/s1. The first-order valence-electron chi connectivity index (χ1n) is 11.5. The van der Waals surface area contributed by atoms with Crippen molar-refractivity contribution in [2.24, 2.45) is 0 Å². The van der Waals surface area contributed by atoms with Crippen LogP contribution in [0.3, 0.4) is 0 Å². The second kappa shape index (κ2) is 13.0. The third-order valence-electron chi connectivity index (χ3n) is 5.46. The van der Waals surface area contributed by atoms with E-state index < -0.39 is 35.7 Å². The molecular weight excluding hydrogens is 463 g/mol. The van der Waals surface area contributed by atoms with Crippen molar-refractivity contribution in [2.45, 2.75) is 38.5 Å². The van der Waals surface area contributed by atoms with Crippen LogP contribution >= 0.6 is 0 Å². The lowest BCUT2D eigenvalue weighted by Gasteiger charge is -2.22. The average Bonchev–Trinajstić information content (AvgIpc) is 2.88. The van der Waals surface area contributed by atoms with E-state index in [2.05, 4.69) is 10.6 Å². The molecule has 2 atom stereocenters. The second-order valence-electron chi connectivity index (χ2n) is 8.26. The first-order chi connectivity index (χ1) is 17.4. The third-order valence-corrected chi connectivity index (χ3v) is 5.46. The monoisotopic (exact) mass is 492 g/mol. The zero-order chi connectivity index (χ0) is 25.9. The lowest BCUT2D eigenvalue weighted by molar-refractivity contribution is -0.145. The Morgan fingerprint density at radius 3 is 2.22 bits per heavy atom. The Morgan fingerprint density at radius 1 is 0.833 bits per heavy atom. The van der Waals surface area contributed by atoms with Gasteiger partial charge in [-0.3, -0.25) is 9.59 Å². The molecule has 0 fully saturated rings. The molecule has 3 rings (SSSR count). The Kier molecular flexibility index (Phi) is 9.56. The predicted molar refractivity (Wildman–Crippen MR) is 133 cm³/mol. The molecular formula is C28H29FN2O5. The van der Waals surface area contributed by atoms with Gasteiger partial charge in [-0.05, 0) is 34.9 Å². The summed E-state index contributed by atoms with van der Waals surface area (Å²) < 4.78 is 24.9. The molecule has 3 aromatic carbocycles. The number of esters is 1. The van der Waals surface area contributed by atoms with E-state index >= 15 is 0 Å². The molecule has 0 saturated heterocycles. The molecule has 0 bridgehead atoms. The first-order valence-corrected chi connectivity index (χ1v) is 11.5. The van der Waals surface area contributed by atoms with Crippen molar-refractivity contribution in [1.29, 1.82) is 0 Å². The molecule has 0 saturated carbocycles. The molecule has 2 N–H and O–H groups in total. The van der Waals surface area contributed by atoms with Gasteiger partial charge in [0, 0.05) is 19.8 Å².